The Morgan fingerprint density at radius 2 is 1.12 bits per heavy atom. The van der Waals surface area contributed by atoms with E-state index in [0.29, 0.717) is 5.89 Å². The molecule has 0 aliphatic carbocycles. The second kappa shape index (κ2) is 10.5. The summed E-state index contributed by atoms with van der Waals surface area (Å²) in [5.74, 6) is 0.597. The Bertz CT molecular complexity index is 2770. The number of oxazole rings is 1. The highest BCUT2D eigenvalue weighted by molar-refractivity contribution is 6.17. The Balaban J connectivity index is 1.08. The highest BCUT2D eigenvalue weighted by Crippen LogP contribution is 2.42. The largest absolute Gasteiger partial charge is 0.456 e. The van der Waals surface area contributed by atoms with Crippen molar-refractivity contribution in [1.82, 2.24) is 4.98 Å². The summed E-state index contributed by atoms with van der Waals surface area (Å²) in [5.41, 5.74) is 11.1. The molecular weight excluding hydrogens is 592 g/mol. The highest BCUT2D eigenvalue weighted by Gasteiger charge is 2.20. The Morgan fingerprint density at radius 1 is 0.417 bits per heavy atom. The van der Waals surface area contributed by atoms with Gasteiger partial charge >= 0.3 is 0 Å². The molecule has 0 atom stereocenters. The molecule has 0 aliphatic heterocycles. The van der Waals surface area contributed by atoms with Gasteiger partial charge in [0.15, 0.2) is 5.58 Å². The van der Waals surface area contributed by atoms with Crippen LogP contribution in [-0.2, 0) is 0 Å². The van der Waals surface area contributed by atoms with Crippen LogP contribution < -0.4 is 4.90 Å². The third-order valence-corrected chi connectivity index (χ3v) is 9.11. The molecule has 0 fully saturated rings. The summed E-state index contributed by atoms with van der Waals surface area (Å²) >= 11 is 0. The number of rotatable bonds is 5. The Kier molecular flexibility index (Phi) is 5.81. The zero-order valence-corrected chi connectivity index (χ0v) is 25.6. The van der Waals surface area contributed by atoms with E-state index in [-0.39, 0.29) is 0 Å². The van der Waals surface area contributed by atoms with Gasteiger partial charge in [-0.3, -0.25) is 0 Å². The first kappa shape index (κ1) is 26.6. The van der Waals surface area contributed by atoms with Gasteiger partial charge in [0, 0.05) is 50.4 Å². The second-order valence-corrected chi connectivity index (χ2v) is 12.0. The van der Waals surface area contributed by atoms with E-state index in [9.17, 15) is 0 Å². The van der Waals surface area contributed by atoms with Gasteiger partial charge < -0.3 is 18.2 Å². The molecule has 5 heteroatoms. The standard InChI is InChI=1S/C43H26N2O3/c1-3-10-28(11-4-1)43-44-41-38(48-43)25-24-37-40(41)35-23-22-31(26-39(35)46-37)45(29-12-5-2-6-13-29)30-20-18-27(19-21-30)32-15-9-16-34-33-14-7-8-17-36(33)47-42(32)34/h1-26H. The van der Waals surface area contributed by atoms with E-state index in [2.05, 4.69) is 102 Å². The van der Waals surface area contributed by atoms with E-state index in [4.69, 9.17) is 18.2 Å². The van der Waals surface area contributed by atoms with Crippen LogP contribution in [0.25, 0.3) is 77.6 Å². The molecule has 0 aliphatic rings. The molecule has 0 saturated heterocycles. The van der Waals surface area contributed by atoms with Gasteiger partial charge in [-0.05, 0) is 72.3 Å². The van der Waals surface area contributed by atoms with Crippen LogP contribution in [0.3, 0.4) is 0 Å². The third kappa shape index (κ3) is 4.15. The molecule has 0 saturated carbocycles. The lowest BCUT2D eigenvalue weighted by molar-refractivity contribution is 0.619. The van der Waals surface area contributed by atoms with Crippen molar-refractivity contribution in [1.29, 1.82) is 0 Å². The molecule has 0 amide bonds. The fourth-order valence-electron chi connectivity index (χ4n) is 6.87. The zero-order chi connectivity index (χ0) is 31.6. The number of furan rings is 2. The average Bonchev–Trinajstić information content (AvgIpc) is 3.86. The van der Waals surface area contributed by atoms with Crippen LogP contribution in [0.1, 0.15) is 0 Å². The van der Waals surface area contributed by atoms with Gasteiger partial charge in [0.05, 0.1) is 5.39 Å². The highest BCUT2D eigenvalue weighted by atomic mass is 16.4. The van der Waals surface area contributed by atoms with Gasteiger partial charge in [-0.15, -0.1) is 0 Å². The second-order valence-electron chi connectivity index (χ2n) is 12.0. The number of benzene rings is 7. The number of hydrogen-bond donors (Lipinski definition) is 0. The molecule has 3 heterocycles. The fraction of sp³-hybridized carbons (Fsp3) is 0. The number of nitrogens with zero attached hydrogens (tertiary/aromatic N) is 2. The summed E-state index contributed by atoms with van der Waals surface area (Å²) in [4.78, 5) is 7.15. The molecule has 226 valence electrons. The zero-order valence-electron chi connectivity index (χ0n) is 25.6. The first-order chi connectivity index (χ1) is 23.8. The summed E-state index contributed by atoms with van der Waals surface area (Å²) in [6, 6.07) is 53.8. The fourth-order valence-corrected chi connectivity index (χ4v) is 6.87. The van der Waals surface area contributed by atoms with Gasteiger partial charge in [-0.2, -0.15) is 0 Å². The topological polar surface area (TPSA) is 55.6 Å². The van der Waals surface area contributed by atoms with Crippen LogP contribution in [0.15, 0.2) is 171 Å². The maximum Gasteiger partial charge on any atom is 0.227 e. The van der Waals surface area contributed by atoms with E-state index in [0.717, 1.165) is 88.7 Å². The number of hydrogen-bond acceptors (Lipinski definition) is 5. The smallest absolute Gasteiger partial charge is 0.227 e. The minimum atomic E-state index is 0.597. The van der Waals surface area contributed by atoms with Gasteiger partial charge in [0.1, 0.15) is 27.8 Å². The van der Waals surface area contributed by atoms with Crippen molar-refractivity contribution < 1.29 is 13.3 Å². The summed E-state index contributed by atoms with van der Waals surface area (Å²) < 4.78 is 19.0. The van der Waals surface area contributed by atoms with Crippen molar-refractivity contribution in [3.63, 3.8) is 0 Å². The van der Waals surface area contributed by atoms with Crippen molar-refractivity contribution in [2.75, 3.05) is 4.90 Å². The van der Waals surface area contributed by atoms with Crippen LogP contribution in [0.4, 0.5) is 17.1 Å². The van der Waals surface area contributed by atoms with E-state index in [1.165, 1.54) is 0 Å². The Hall–Kier alpha value is -6.59. The summed E-state index contributed by atoms with van der Waals surface area (Å²) in [6.07, 6.45) is 0. The molecule has 48 heavy (non-hydrogen) atoms. The molecule has 0 spiro atoms. The van der Waals surface area contributed by atoms with Gasteiger partial charge in [-0.25, -0.2) is 4.98 Å². The van der Waals surface area contributed by atoms with Crippen LogP contribution in [0.2, 0.25) is 0 Å². The molecule has 0 unspecified atom stereocenters. The predicted molar refractivity (Wildman–Crippen MR) is 194 cm³/mol. The Labute approximate surface area is 274 Å². The lowest BCUT2D eigenvalue weighted by Crippen LogP contribution is -2.09. The minimum absolute atomic E-state index is 0.597. The molecule has 10 aromatic rings. The van der Waals surface area contributed by atoms with Crippen molar-refractivity contribution in [3.05, 3.63) is 158 Å². The van der Waals surface area contributed by atoms with E-state index >= 15 is 0 Å². The van der Waals surface area contributed by atoms with Crippen LogP contribution in [0.5, 0.6) is 0 Å². The molecule has 5 nitrogen and oxygen atoms in total. The van der Waals surface area contributed by atoms with Crippen molar-refractivity contribution in [2.24, 2.45) is 0 Å². The first-order valence-corrected chi connectivity index (χ1v) is 16.0. The van der Waals surface area contributed by atoms with Crippen LogP contribution >= 0.6 is 0 Å². The monoisotopic (exact) mass is 618 g/mol. The Morgan fingerprint density at radius 3 is 1.98 bits per heavy atom. The van der Waals surface area contributed by atoms with Crippen LogP contribution in [0, 0.1) is 0 Å². The van der Waals surface area contributed by atoms with Gasteiger partial charge in [0.2, 0.25) is 5.89 Å². The lowest BCUT2D eigenvalue weighted by atomic mass is 10.0. The van der Waals surface area contributed by atoms with Crippen LogP contribution in [-0.4, -0.2) is 4.98 Å². The summed E-state index contributed by atoms with van der Waals surface area (Å²) in [5, 5.41) is 4.20. The van der Waals surface area contributed by atoms with Crippen molar-refractivity contribution in [3.8, 4) is 22.6 Å². The number of aromatic nitrogens is 1. The maximum atomic E-state index is 6.46. The molecule has 7 aromatic carbocycles. The molecule has 0 radical (unpaired) electrons. The number of fused-ring (bicyclic) bond motifs is 8. The van der Waals surface area contributed by atoms with Gasteiger partial charge in [0.25, 0.3) is 0 Å². The summed E-state index contributed by atoms with van der Waals surface area (Å²) in [7, 11) is 0. The summed E-state index contributed by atoms with van der Waals surface area (Å²) in [6.45, 7) is 0. The molecule has 0 bridgehead atoms. The predicted octanol–water partition coefficient (Wildman–Crippen LogP) is 12.4. The van der Waals surface area contributed by atoms with E-state index in [1.807, 2.05) is 60.7 Å². The molecular formula is C43H26N2O3. The van der Waals surface area contributed by atoms with Crippen molar-refractivity contribution >= 4 is 72.0 Å². The SMILES string of the molecule is c1ccc(-c2nc3c(ccc4oc5cc(N(c6ccccc6)c6ccc(-c7cccc8c7oc7ccccc78)cc6)ccc5c43)o2)cc1. The molecule has 3 aromatic heterocycles. The maximum absolute atomic E-state index is 6.46. The third-order valence-electron chi connectivity index (χ3n) is 9.11. The normalized spacial score (nSPS) is 11.8. The minimum Gasteiger partial charge on any atom is -0.456 e. The molecule has 0 N–H and O–H groups in total. The van der Waals surface area contributed by atoms with E-state index in [1.54, 1.807) is 0 Å². The molecule has 10 rings (SSSR count). The van der Waals surface area contributed by atoms with Gasteiger partial charge in [-0.1, -0.05) is 84.9 Å². The quantitative estimate of drug-likeness (QED) is 0.192. The lowest BCUT2D eigenvalue weighted by Gasteiger charge is -2.25. The number of anilines is 3. The average molecular weight is 619 g/mol. The van der Waals surface area contributed by atoms with E-state index < -0.39 is 0 Å². The first-order valence-electron chi connectivity index (χ1n) is 16.0. The number of para-hydroxylation sites is 3. The van der Waals surface area contributed by atoms with Crippen molar-refractivity contribution in [2.45, 2.75) is 0 Å².